The summed E-state index contributed by atoms with van der Waals surface area (Å²) in [5.74, 6) is 0. The number of aliphatic hydroxyl groups excluding tert-OH is 3. The Balaban J connectivity index is 1.34. The molecule has 3 aliphatic rings. The topological polar surface area (TPSA) is 107 Å². The van der Waals surface area contributed by atoms with Gasteiger partial charge in [0, 0.05) is 24.8 Å². The fourth-order valence-corrected chi connectivity index (χ4v) is 3.96. The molecule has 8 atom stereocenters. The van der Waals surface area contributed by atoms with E-state index < -0.39 is 49.4 Å². The maximum absolute atomic E-state index is 10.6. The van der Waals surface area contributed by atoms with Gasteiger partial charge < -0.3 is 39.0 Å². The zero-order valence-electron chi connectivity index (χ0n) is 16.1. The van der Waals surface area contributed by atoms with Crippen LogP contribution >= 0.6 is 0 Å². The number of aliphatic hydroxyl groups is 3. The standard InChI is InChI=1S/C21H28O8/c1-2-12-3-5-13(6-4-12)21-25-11-17-20(29-21)16(24)9-19(27-17)28-18-8-14(23)7-15(10-22)26-18/h2-6,14-24H,1,7-11H2/t14-,15-,16+,17+,18?,19+,20-,21?/m0/s1. The summed E-state index contributed by atoms with van der Waals surface area (Å²) >= 11 is 0. The Bertz CT molecular complexity index is 680. The number of hydrogen-bond acceptors (Lipinski definition) is 8. The molecule has 0 spiro atoms. The maximum atomic E-state index is 10.6. The van der Waals surface area contributed by atoms with Gasteiger partial charge in [-0.1, -0.05) is 36.9 Å². The lowest BCUT2D eigenvalue weighted by Gasteiger charge is -2.45. The minimum atomic E-state index is -0.792. The highest BCUT2D eigenvalue weighted by Gasteiger charge is 2.45. The summed E-state index contributed by atoms with van der Waals surface area (Å²) in [7, 11) is 0. The molecule has 2 unspecified atom stereocenters. The predicted octanol–water partition coefficient (Wildman–Crippen LogP) is 1.09. The van der Waals surface area contributed by atoms with E-state index in [0.717, 1.165) is 11.1 Å². The van der Waals surface area contributed by atoms with Crippen molar-refractivity contribution in [3.63, 3.8) is 0 Å². The lowest BCUT2D eigenvalue weighted by molar-refractivity contribution is -0.362. The van der Waals surface area contributed by atoms with E-state index in [4.69, 9.17) is 23.7 Å². The SMILES string of the molecule is C=Cc1ccc(C2OC[C@H]3O[C@H](OC4C[C@@H](O)C[C@@H](CO)O4)C[C@@H](O)[C@@H]3O2)cc1. The van der Waals surface area contributed by atoms with E-state index >= 15 is 0 Å². The van der Waals surface area contributed by atoms with E-state index in [9.17, 15) is 15.3 Å². The van der Waals surface area contributed by atoms with Gasteiger partial charge in [-0.25, -0.2) is 0 Å². The van der Waals surface area contributed by atoms with Gasteiger partial charge in [-0.2, -0.15) is 0 Å². The quantitative estimate of drug-likeness (QED) is 0.665. The molecule has 1 aromatic rings. The van der Waals surface area contributed by atoms with E-state index in [1.54, 1.807) is 6.08 Å². The maximum Gasteiger partial charge on any atom is 0.184 e. The Kier molecular flexibility index (Phi) is 6.63. The van der Waals surface area contributed by atoms with Crippen molar-refractivity contribution < 1.29 is 39.0 Å². The van der Waals surface area contributed by atoms with Crippen molar-refractivity contribution >= 4 is 6.08 Å². The highest BCUT2D eigenvalue weighted by Crippen LogP contribution is 2.35. The van der Waals surface area contributed by atoms with Crippen LogP contribution in [0.4, 0.5) is 0 Å². The summed E-state index contributed by atoms with van der Waals surface area (Å²) < 4.78 is 29.1. The third kappa shape index (κ3) is 4.87. The van der Waals surface area contributed by atoms with Crippen molar-refractivity contribution in [1.82, 2.24) is 0 Å². The molecule has 0 amide bonds. The lowest BCUT2D eigenvalue weighted by atomic mass is 10.00. The van der Waals surface area contributed by atoms with Gasteiger partial charge in [-0.05, 0) is 5.56 Å². The van der Waals surface area contributed by atoms with Gasteiger partial charge in [0.1, 0.15) is 12.2 Å². The Morgan fingerprint density at radius 1 is 1.03 bits per heavy atom. The molecular formula is C21H28O8. The van der Waals surface area contributed by atoms with Crippen LogP contribution in [0.5, 0.6) is 0 Å². The zero-order valence-corrected chi connectivity index (χ0v) is 16.1. The van der Waals surface area contributed by atoms with Gasteiger partial charge in [0.15, 0.2) is 18.9 Å². The van der Waals surface area contributed by atoms with E-state index in [2.05, 4.69) is 6.58 Å². The summed E-state index contributed by atoms with van der Waals surface area (Å²) in [4.78, 5) is 0. The Hall–Kier alpha value is -1.36. The van der Waals surface area contributed by atoms with Crippen molar-refractivity contribution in [3.05, 3.63) is 42.0 Å². The van der Waals surface area contributed by atoms with Crippen LogP contribution in [-0.2, 0) is 23.7 Å². The monoisotopic (exact) mass is 408 g/mol. The molecule has 8 heteroatoms. The number of hydrogen-bond donors (Lipinski definition) is 3. The van der Waals surface area contributed by atoms with Crippen LogP contribution in [0.25, 0.3) is 6.08 Å². The second-order valence-electron chi connectivity index (χ2n) is 7.68. The molecule has 8 nitrogen and oxygen atoms in total. The molecule has 29 heavy (non-hydrogen) atoms. The molecule has 3 aliphatic heterocycles. The smallest absolute Gasteiger partial charge is 0.184 e. The van der Waals surface area contributed by atoms with Crippen molar-refractivity contribution in [2.75, 3.05) is 13.2 Å². The Labute approximate surface area is 169 Å². The number of ether oxygens (including phenoxy) is 5. The molecule has 1 aromatic carbocycles. The van der Waals surface area contributed by atoms with E-state index in [-0.39, 0.29) is 26.1 Å². The lowest BCUT2D eigenvalue weighted by Crippen LogP contribution is -2.56. The average molecular weight is 408 g/mol. The van der Waals surface area contributed by atoms with Crippen molar-refractivity contribution in [2.24, 2.45) is 0 Å². The normalized spacial score (nSPS) is 40.2. The van der Waals surface area contributed by atoms with Crippen LogP contribution in [0.1, 0.15) is 36.7 Å². The third-order valence-electron chi connectivity index (χ3n) is 5.49. The fourth-order valence-electron chi connectivity index (χ4n) is 3.96. The van der Waals surface area contributed by atoms with Gasteiger partial charge >= 0.3 is 0 Å². The van der Waals surface area contributed by atoms with Crippen molar-refractivity contribution in [1.29, 1.82) is 0 Å². The first-order valence-corrected chi connectivity index (χ1v) is 9.98. The molecule has 4 rings (SSSR count). The van der Waals surface area contributed by atoms with Crippen LogP contribution < -0.4 is 0 Å². The number of benzene rings is 1. The molecule has 3 heterocycles. The largest absolute Gasteiger partial charge is 0.394 e. The average Bonchev–Trinajstić information content (AvgIpc) is 2.73. The highest BCUT2D eigenvalue weighted by molar-refractivity contribution is 5.47. The van der Waals surface area contributed by atoms with Crippen LogP contribution in [0.3, 0.4) is 0 Å². The van der Waals surface area contributed by atoms with Gasteiger partial charge in [-0.15, -0.1) is 0 Å². The van der Waals surface area contributed by atoms with Gasteiger partial charge in [-0.3, -0.25) is 0 Å². The first-order valence-electron chi connectivity index (χ1n) is 9.98. The highest BCUT2D eigenvalue weighted by atomic mass is 16.8. The molecule has 3 fully saturated rings. The van der Waals surface area contributed by atoms with E-state index in [1.807, 2.05) is 24.3 Å². The molecule has 160 valence electrons. The second kappa shape index (κ2) is 9.20. The molecule has 0 aliphatic carbocycles. The van der Waals surface area contributed by atoms with Crippen LogP contribution in [-0.4, -0.2) is 71.6 Å². The van der Waals surface area contributed by atoms with Crippen LogP contribution in [0.15, 0.2) is 30.8 Å². The van der Waals surface area contributed by atoms with Gasteiger partial charge in [0.25, 0.3) is 0 Å². The summed E-state index contributed by atoms with van der Waals surface area (Å²) in [5, 5.41) is 29.8. The molecular weight excluding hydrogens is 380 g/mol. The predicted molar refractivity (Wildman–Crippen MR) is 101 cm³/mol. The summed E-state index contributed by atoms with van der Waals surface area (Å²) in [5.41, 5.74) is 1.86. The zero-order chi connectivity index (χ0) is 20.4. The summed E-state index contributed by atoms with van der Waals surface area (Å²) in [6, 6.07) is 7.68. The molecule has 3 N–H and O–H groups in total. The second-order valence-corrected chi connectivity index (χ2v) is 7.68. The molecule has 0 aromatic heterocycles. The first kappa shape index (κ1) is 20.9. The fraction of sp³-hybridized carbons (Fsp3) is 0.619. The van der Waals surface area contributed by atoms with Crippen LogP contribution in [0.2, 0.25) is 0 Å². The van der Waals surface area contributed by atoms with Crippen molar-refractivity contribution in [3.8, 4) is 0 Å². The molecule has 0 radical (unpaired) electrons. The third-order valence-corrected chi connectivity index (χ3v) is 5.49. The summed E-state index contributed by atoms with van der Waals surface area (Å²) in [6.45, 7) is 3.80. The van der Waals surface area contributed by atoms with Crippen molar-refractivity contribution in [2.45, 2.75) is 68.7 Å². The Morgan fingerprint density at radius 3 is 2.52 bits per heavy atom. The minimum Gasteiger partial charge on any atom is -0.394 e. The Morgan fingerprint density at radius 2 is 1.79 bits per heavy atom. The van der Waals surface area contributed by atoms with Crippen LogP contribution in [0, 0.1) is 0 Å². The molecule has 0 bridgehead atoms. The first-order chi connectivity index (χ1) is 14.1. The van der Waals surface area contributed by atoms with E-state index in [1.165, 1.54) is 0 Å². The van der Waals surface area contributed by atoms with E-state index in [0.29, 0.717) is 6.42 Å². The molecule has 3 saturated heterocycles. The number of rotatable bonds is 5. The van der Waals surface area contributed by atoms with Gasteiger partial charge in [0.2, 0.25) is 0 Å². The minimum absolute atomic E-state index is 0.188. The molecule has 0 saturated carbocycles. The summed E-state index contributed by atoms with van der Waals surface area (Å²) in [6.07, 6.45) is -2.24. The number of fused-ring (bicyclic) bond motifs is 1. The van der Waals surface area contributed by atoms with Gasteiger partial charge in [0.05, 0.1) is 31.5 Å².